The Morgan fingerprint density at radius 1 is 1.21 bits per heavy atom. The highest BCUT2D eigenvalue weighted by Gasteiger charge is 2.09. The molecule has 0 amide bonds. The molecule has 5 heteroatoms. The van der Waals surface area contributed by atoms with Gasteiger partial charge in [-0.05, 0) is 47.0 Å². The van der Waals surface area contributed by atoms with Crippen LogP contribution < -0.4 is 5.32 Å². The topological polar surface area (TPSA) is 50.7 Å². The van der Waals surface area contributed by atoms with Gasteiger partial charge in [0.15, 0.2) is 0 Å². The van der Waals surface area contributed by atoms with E-state index in [0.717, 1.165) is 46.8 Å². The number of nitrogens with one attached hydrogen (secondary N) is 1. The summed E-state index contributed by atoms with van der Waals surface area (Å²) in [6.07, 6.45) is 5.36. The first-order chi connectivity index (χ1) is 9.20. The number of pyridine rings is 1. The maximum atomic E-state index is 4.58. The lowest BCUT2D eigenvalue weighted by molar-refractivity contribution is 0.909. The number of rotatable bonds is 5. The average Bonchev–Trinajstić information content (AvgIpc) is 2.42. The molecule has 19 heavy (non-hydrogen) atoms. The van der Waals surface area contributed by atoms with Gasteiger partial charge in [0.1, 0.15) is 11.6 Å². The summed E-state index contributed by atoms with van der Waals surface area (Å²) >= 11 is 3.53. The summed E-state index contributed by atoms with van der Waals surface area (Å²) in [5.74, 6) is 1.70. The molecule has 100 valence electrons. The number of aromatic nitrogens is 3. The molecule has 0 spiro atoms. The van der Waals surface area contributed by atoms with Crippen LogP contribution in [0.1, 0.15) is 30.4 Å². The molecule has 0 fully saturated rings. The highest BCUT2D eigenvalue weighted by atomic mass is 79.9. The standard InChI is InChI=1S/C14H17BrN4/c1-3-6-17-14-13(15)10(2)18-12(19-14)9-11-4-7-16-8-5-11/h4-5,7-8H,3,6,9H2,1-2H3,(H,17,18,19). The second-order valence-corrected chi connectivity index (χ2v) is 5.14. The Morgan fingerprint density at radius 2 is 1.95 bits per heavy atom. The van der Waals surface area contributed by atoms with Crippen LogP contribution in [0.25, 0.3) is 0 Å². The molecule has 2 aromatic heterocycles. The van der Waals surface area contributed by atoms with Crippen LogP contribution in [0, 0.1) is 6.92 Å². The van der Waals surface area contributed by atoms with Crippen molar-refractivity contribution in [2.24, 2.45) is 0 Å². The van der Waals surface area contributed by atoms with Gasteiger partial charge in [0.2, 0.25) is 0 Å². The van der Waals surface area contributed by atoms with Crippen molar-refractivity contribution in [3.05, 3.63) is 46.1 Å². The first-order valence-electron chi connectivity index (χ1n) is 6.36. The maximum Gasteiger partial charge on any atom is 0.144 e. The molecule has 0 saturated heterocycles. The van der Waals surface area contributed by atoms with E-state index in [9.17, 15) is 0 Å². The van der Waals surface area contributed by atoms with Crippen LogP contribution in [0.2, 0.25) is 0 Å². The van der Waals surface area contributed by atoms with Crippen LogP contribution in [-0.4, -0.2) is 21.5 Å². The first-order valence-corrected chi connectivity index (χ1v) is 7.15. The third-order valence-corrected chi connectivity index (χ3v) is 3.67. The minimum atomic E-state index is 0.720. The molecule has 0 aliphatic rings. The summed E-state index contributed by atoms with van der Waals surface area (Å²) < 4.78 is 0.944. The van der Waals surface area contributed by atoms with E-state index in [-0.39, 0.29) is 0 Å². The van der Waals surface area contributed by atoms with E-state index in [1.165, 1.54) is 0 Å². The van der Waals surface area contributed by atoms with Gasteiger partial charge < -0.3 is 5.32 Å². The minimum absolute atomic E-state index is 0.720. The molecular weight excluding hydrogens is 304 g/mol. The largest absolute Gasteiger partial charge is 0.369 e. The average molecular weight is 321 g/mol. The summed E-state index contributed by atoms with van der Waals surface area (Å²) in [5, 5.41) is 3.32. The Morgan fingerprint density at radius 3 is 2.63 bits per heavy atom. The van der Waals surface area contributed by atoms with Crippen LogP contribution in [0.4, 0.5) is 5.82 Å². The highest BCUT2D eigenvalue weighted by Crippen LogP contribution is 2.23. The van der Waals surface area contributed by atoms with Gasteiger partial charge in [-0.2, -0.15) is 0 Å². The third-order valence-electron chi connectivity index (χ3n) is 2.72. The van der Waals surface area contributed by atoms with Gasteiger partial charge in [-0.15, -0.1) is 0 Å². The van der Waals surface area contributed by atoms with E-state index in [4.69, 9.17) is 0 Å². The van der Waals surface area contributed by atoms with Crippen LogP contribution >= 0.6 is 15.9 Å². The highest BCUT2D eigenvalue weighted by molar-refractivity contribution is 9.10. The molecule has 2 heterocycles. The van der Waals surface area contributed by atoms with Crippen molar-refractivity contribution in [1.29, 1.82) is 0 Å². The van der Waals surface area contributed by atoms with Crippen molar-refractivity contribution in [1.82, 2.24) is 15.0 Å². The Labute approximate surface area is 121 Å². The molecule has 0 radical (unpaired) electrons. The quantitative estimate of drug-likeness (QED) is 0.917. The van der Waals surface area contributed by atoms with Crippen molar-refractivity contribution in [3.8, 4) is 0 Å². The molecule has 0 aliphatic heterocycles. The van der Waals surface area contributed by atoms with Crippen molar-refractivity contribution in [3.63, 3.8) is 0 Å². The van der Waals surface area contributed by atoms with E-state index in [2.05, 4.69) is 43.1 Å². The van der Waals surface area contributed by atoms with Gasteiger partial charge in [0, 0.05) is 25.4 Å². The fourth-order valence-electron chi connectivity index (χ4n) is 1.74. The summed E-state index contributed by atoms with van der Waals surface area (Å²) in [4.78, 5) is 13.1. The Hall–Kier alpha value is -1.49. The predicted molar refractivity (Wildman–Crippen MR) is 80.3 cm³/mol. The fraction of sp³-hybridized carbons (Fsp3) is 0.357. The monoisotopic (exact) mass is 320 g/mol. The van der Waals surface area contributed by atoms with Gasteiger partial charge in [-0.3, -0.25) is 4.98 Å². The zero-order chi connectivity index (χ0) is 13.7. The molecule has 0 atom stereocenters. The number of halogens is 1. The number of anilines is 1. The lowest BCUT2D eigenvalue weighted by Crippen LogP contribution is -2.08. The molecule has 2 rings (SSSR count). The smallest absolute Gasteiger partial charge is 0.144 e. The van der Waals surface area contributed by atoms with Crippen molar-refractivity contribution in [2.45, 2.75) is 26.7 Å². The van der Waals surface area contributed by atoms with E-state index in [0.29, 0.717) is 0 Å². The van der Waals surface area contributed by atoms with Gasteiger partial charge >= 0.3 is 0 Å². The number of nitrogens with zero attached hydrogens (tertiary/aromatic N) is 3. The van der Waals surface area contributed by atoms with Crippen molar-refractivity contribution in [2.75, 3.05) is 11.9 Å². The Balaban J connectivity index is 2.23. The summed E-state index contributed by atoms with van der Waals surface area (Å²) in [7, 11) is 0. The van der Waals surface area contributed by atoms with Gasteiger partial charge in [-0.25, -0.2) is 9.97 Å². The van der Waals surface area contributed by atoms with Gasteiger partial charge in [0.25, 0.3) is 0 Å². The minimum Gasteiger partial charge on any atom is -0.369 e. The number of hydrogen-bond acceptors (Lipinski definition) is 4. The van der Waals surface area contributed by atoms with Crippen LogP contribution in [-0.2, 0) is 6.42 Å². The SMILES string of the molecule is CCCNc1nc(Cc2ccncc2)nc(C)c1Br. The van der Waals surface area contributed by atoms with Crippen molar-refractivity contribution >= 4 is 21.7 Å². The van der Waals surface area contributed by atoms with Crippen LogP contribution in [0.15, 0.2) is 29.0 Å². The summed E-state index contributed by atoms with van der Waals surface area (Å²) in [5.41, 5.74) is 2.12. The molecule has 0 aromatic carbocycles. The Bertz CT molecular complexity index is 543. The molecule has 0 saturated carbocycles. The van der Waals surface area contributed by atoms with Gasteiger partial charge in [0.05, 0.1) is 10.2 Å². The summed E-state index contributed by atoms with van der Waals surface area (Å²) in [6.45, 7) is 5.02. The zero-order valence-electron chi connectivity index (χ0n) is 11.2. The molecular formula is C14H17BrN4. The van der Waals surface area contributed by atoms with Crippen molar-refractivity contribution < 1.29 is 0 Å². The number of aryl methyl sites for hydroxylation is 1. The van der Waals surface area contributed by atoms with Crippen LogP contribution in [0.3, 0.4) is 0 Å². The second kappa shape index (κ2) is 6.61. The molecule has 4 nitrogen and oxygen atoms in total. The summed E-state index contributed by atoms with van der Waals surface area (Å²) in [6, 6.07) is 3.97. The fourth-order valence-corrected chi connectivity index (χ4v) is 2.06. The van der Waals surface area contributed by atoms with E-state index < -0.39 is 0 Å². The molecule has 1 N–H and O–H groups in total. The van der Waals surface area contributed by atoms with E-state index in [1.807, 2.05) is 19.1 Å². The molecule has 2 aromatic rings. The first kappa shape index (κ1) is 13.9. The lowest BCUT2D eigenvalue weighted by atomic mass is 10.2. The predicted octanol–water partition coefficient (Wildman–Crippen LogP) is 3.36. The molecule has 0 unspecified atom stereocenters. The number of hydrogen-bond donors (Lipinski definition) is 1. The normalized spacial score (nSPS) is 10.5. The van der Waals surface area contributed by atoms with E-state index in [1.54, 1.807) is 12.4 Å². The third kappa shape index (κ3) is 3.73. The van der Waals surface area contributed by atoms with Gasteiger partial charge in [-0.1, -0.05) is 6.92 Å². The maximum absolute atomic E-state index is 4.58. The zero-order valence-corrected chi connectivity index (χ0v) is 12.7. The molecule has 0 bridgehead atoms. The Kier molecular flexibility index (Phi) is 4.85. The lowest BCUT2D eigenvalue weighted by Gasteiger charge is -2.10. The molecule has 0 aliphatic carbocycles. The van der Waals surface area contributed by atoms with E-state index >= 15 is 0 Å². The van der Waals surface area contributed by atoms with Crippen LogP contribution in [0.5, 0.6) is 0 Å². The second-order valence-electron chi connectivity index (χ2n) is 4.35.